The van der Waals surface area contributed by atoms with E-state index in [1.165, 1.54) is 5.56 Å². The van der Waals surface area contributed by atoms with E-state index in [0.29, 0.717) is 12.5 Å². The molecule has 17 heavy (non-hydrogen) atoms. The quantitative estimate of drug-likeness (QED) is 0.821. The molecule has 1 heterocycles. The summed E-state index contributed by atoms with van der Waals surface area (Å²) in [6, 6.07) is 8.64. The summed E-state index contributed by atoms with van der Waals surface area (Å²) in [7, 11) is 0. The Labute approximate surface area is 103 Å². The van der Waals surface area contributed by atoms with Crippen molar-refractivity contribution in [2.45, 2.75) is 19.8 Å². The molecule has 0 atom stereocenters. The van der Waals surface area contributed by atoms with Gasteiger partial charge in [0.2, 0.25) is 0 Å². The van der Waals surface area contributed by atoms with E-state index >= 15 is 0 Å². The number of hydrogen-bond acceptors (Lipinski definition) is 3. The second-order valence-electron chi connectivity index (χ2n) is 5.33. The molecule has 0 bridgehead atoms. The highest BCUT2D eigenvalue weighted by Gasteiger charge is 2.36. The molecule has 0 radical (unpaired) electrons. The molecule has 3 heteroatoms. The summed E-state index contributed by atoms with van der Waals surface area (Å²) < 4.78 is 5.25. The van der Waals surface area contributed by atoms with Gasteiger partial charge in [0.1, 0.15) is 0 Å². The largest absolute Gasteiger partial charge is 0.384 e. The van der Waals surface area contributed by atoms with Crippen molar-refractivity contribution in [1.29, 1.82) is 0 Å². The highest BCUT2D eigenvalue weighted by molar-refractivity contribution is 5.45. The summed E-state index contributed by atoms with van der Waals surface area (Å²) in [5, 5.41) is 3.44. The average molecular weight is 234 g/mol. The Kier molecular flexibility index (Phi) is 3.69. The number of nitrogens with one attached hydrogen (secondary N) is 1. The predicted octanol–water partition coefficient (Wildman–Crippen LogP) is 2.20. The van der Waals surface area contributed by atoms with Crippen LogP contribution in [0, 0.1) is 5.41 Å². The number of benzene rings is 1. The highest BCUT2D eigenvalue weighted by atomic mass is 16.5. The molecular formula is C14H22N2O. The highest BCUT2D eigenvalue weighted by Crippen LogP contribution is 2.26. The lowest BCUT2D eigenvalue weighted by Crippen LogP contribution is -2.52. The fraction of sp³-hybridized carbons (Fsp3) is 0.571. The van der Waals surface area contributed by atoms with Crippen molar-refractivity contribution in [1.82, 2.24) is 0 Å². The van der Waals surface area contributed by atoms with Crippen LogP contribution in [0.25, 0.3) is 0 Å². The van der Waals surface area contributed by atoms with Gasteiger partial charge in [0.05, 0.1) is 13.2 Å². The fourth-order valence-electron chi connectivity index (χ4n) is 1.96. The molecule has 0 unspecified atom stereocenters. The van der Waals surface area contributed by atoms with Crippen LogP contribution in [-0.4, -0.2) is 26.3 Å². The molecule has 94 valence electrons. The van der Waals surface area contributed by atoms with E-state index in [-0.39, 0.29) is 5.41 Å². The average Bonchev–Trinajstić information content (AvgIpc) is 2.29. The van der Waals surface area contributed by atoms with E-state index in [4.69, 9.17) is 10.5 Å². The van der Waals surface area contributed by atoms with Crippen LogP contribution in [0.2, 0.25) is 0 Å². The molecule has 0 saturated carbocycles. The zero-order chi connectivity index (χ0) is 12.3. The summed E-state index contributed by atoms with van der Waals surface area (Å²) >= 11 is 0. The Balaban J connectivity index is 1.91. The van der Waals surface area contributed by atoms with Gasteiger partial charge in [0.15, 0.2) is 0 Å². The third kappa shape index (κ3) is 2.79. The monoisotopic (exact) mass is 234 g/mol. The normalized spacial score (nSPS) is 17.9. The molecule has 1 aliphatic heterocycles. The Morgan fingerprint density at radius 1 is 1.29 bits per heavy atom. The molecule has 1 aromatic rings. The van der Waals surface area contributed by atoms with Crippen LogP contribution in [-0.2, 0) is 4.74 Å². The molecule has 0 spiro atoms. The second kappa shape index (κ2) is 5.07. The number of nitrogens with two attached hydrogens (primary N) is 1. The zero-order valence-corrected chi connectivity index (χ0v) is 10.7. The van der Waals surface area contributed by atoms with Gasteiger partial charge in [-0.3, -0.25) is 0 Å². The first-order valence-electron chi connectivity index (χ1n) is 6.27. The van der Waals surface area contributed by atoms with Crippen molar-refractivity contribution >= 4 is 5.69 Å². The molecule has 0 aromatic heterocycles. The maximum Gasteiger partial charge on any atom is 0.0574 e. The Bertz CT molecular complexity index is 349. The van der Waals surface area contributed by atoms with E-state index < -0.39 is 0 Å². The molecular weight excluding hydrogens is 212 g/mol. The molecule has 1 aromatic carbocycles. The van der Waals surface area contributed by atoms with Gasteiger partial charge in [-0.2, -0.15) is 0 Å². The lowest BCUT2D eigenvalue weighted by atomic mass is 9.86. The number of ether oxygens (including phenoxy) is 1. The van der Waals surface area contributed by atoms with Gasteiger partial charge in [0.25, 0.3) is 0 Å². The Morgan fingerprint density at radius 2 is 1.94 bits per heavy atom. The second-order valence-corrected chi connectivity index (χ2v) is 5.33. The van der Waals surface area contributed by atoms with Crippen molar-refractivity contribution < 1.29 is 4.74 Å². The summed E-state index contributed by atoms with van der Waals surface area (Å²) in [6.07, 6.45) is 0. The maximum atomic E-state index is 5.78. The minimum Gasteiger partial charge on any atom is -0.384 e. The molecule has 3 N–H and O–H groups in total. The van der Waals surface area contributed by atoms with Crippen LogP contribution >= 0.6 is 0 Å². The van der Waals surface area contributed by atoms with Crippen molar-refractivity contribution in [2.24, 2.45) is 11.1 Å². The summed E-state index contributed by atoms with van der Waals surface area (Å²) in [5.41, 5.74) is 8.46. The Hall–Kier alpha value is -1.06. The first-order valence-corrected chi connectivity index (χ1v) is 6.27. The minimum atomic E-state index is 0.150. The van der Waals surface area contributed by atoms with E-state index in [0.717, 1.165) is 25.4 Å². The zero-order valence-electron chi connectivity index (χ0n) is 10.7. The van der Waals surface area contributed by atoms with Crippen LogP contribution in [0.1, 0.15) is 25.3 Å². The SMILES string of the molecule is CC(C)c1ccc(NCC2(CN)COC2)cc1. The maximum absolute atomic E-state index is 5.78. The molecule has 2 rings (SSSR count). The predicted molar refractivity (Wildman–Crippen MR) is 71.3 cm³/mol. The molecule has 0 aliphatic carbocycles. The summed E-state index contributed by atoms with van der Waals surface area (Å²) in [6.45, 7) is 7.55. The van der Waals surface area contributed by atoms with E-state index in [1.807, 2.05) is 0 Å². The van der Waals surface area contributed by atoms with E-state index in [1.54, 1.807) is 0 Å². The van der Waals surface area contributed by atoms with Gasteiger partial charge in [-0.15, -0.1) is 0 Å². The lowest BCUT2D eigenvalue weighted by molar-refractivity contribution is -0.0979. The van der Waals surface area contributed by atoms with Gasteiger partial charge >= 0.3 is 0 Å². The minimum absolute atomic E-state index is 0.150. The van der Waals surface area contributed by atoms with Crippen molar-refractivity contribution in [3.05, 3.63) is 29.8 Å². The number of rotatable bonds is 5. The third-order valence-corrected chi connectivity index (χ3v) is 3.49. The third-order valence-electron chi connectivity index (χ3n) is 3.49. The van der Waals surface area contributed by atoms with Crippen LogP contribution in [0.15, 0.2) is 24.3 Å². The van der Waals surface area contributed by atoms with Gasteiger partial charge in [-0.25, -0.2) is 0 Å². The standard InChI is InChI=1S/C14H22N2O/c1-11(2)12-3-5-13(6-4-12)16-8-14(7-15)9-17-10-14/h3-6,11,16H,7-10,15H2,1-2H3. The topological polar surface area (TPSA) is 47.3 Å². The van der Waals surface area contributed by atoms with Crippen LogP contribution < -0.4 is 11.1 Å². The van der Waals surface area contributed by atoms with Gasteiger partial charge in [-0.05, 0) is 23.6 Å². The van der Waals surface area contributed by atoms with Crippen LogP contribution in [0.5, 0.6) is 0 Å². The van der Waals surface area contributed by atoms with Gasteiger partial charge < -0.3 is 15.8 Å². The molecule has 0 amide bonds. The van der Waals surface area contributed by atoms with E-state index in [2.05, 4.69) is 43.4 Å². The first kappa shape index (κ1) is 12.4. The van der Waals surface area contributed by atoms with Crippen LogP contribution in [0.4, 0.5) is 5.69 Å². The van der Waals surface area contributed by atoms with Crippen molar-refractivity contribution in [2.75, 3.05) is 31.6 Å². The van der Waals surface area contributed by atoms with Crippen molar-refractivity contribution in [3.8, 4) is 0 Å². The van der Waals surface area contributed by atoms with Crippen molar-refractivity contribution in [3.63, 3.8) is 0 Å². The Morgan fingerprint density at radius 3 is 2.35 bits per heavy atom. The van der Waals surface area contributed by atoms with Crippen LogP contribution in [0.3, 0.4) is 0 Å². The summed E-state index contributed by atoms with van der Waals surface area (Å²) in [5.74, 6) is 0.583. The number of anilines is 1. The van der Waals surface area contributed by atoms with E-state index in [9.17, 15) is 0 Å². The number of hydrogen-bond donors (Lipinski definition) is 2. The molecule has 1 fully saturated rings. The smallest absolute Gasteiger partial charge is 0.0574 e. The van der Waals surface area contributed by atoms with Gasteiger partial charge in [-0.1, -0.05) is 26.0 Å². The fourth-order valence-corrected chi connectivity index (χ4v) is 1.96. The van der Waals surface area contributed by atoms with Gasteiger partial charge in [0, 0.05) is 24.2 Å². The molecule has 3 nitrogen and oxygen atoms in total. The molecule has 1 aliphatic rings. The lowest BCUT2D eigenvalue weighted by Gasteiger charge is -2.40. The molecule has 1 saturated heterocycles. The summed E-state index contributed by atoms with van der Waals surface area (Å²) in [4.78, 5) is 0. The first-order chi connectivity index (χ1) is 8.15.